The number of nitrogens with one attached hydrogen (secondary N) is 1. The Labute approximate surface area is 119 Å². The van der Waals surface area contributed by atoms with Gasteiger partial charge in [0.25, 0.3) is 0 Å². The van der Waals surface area contributed by atoms with Crippen molar-refractivity contribution in [1.29, 1.82) is 0 Å². The molecule has 0 spiro atoms. The highest BCUT2D eigenvalue weighted by Crippen LogP contribution is 2.19. The van der Waals surface area contributed by atoms with Gasteiger partial charge < -0.3 is 19.7 Å². The summed E-state index contributed by atoms with van der Waals surface area (Å²) in [4.78, 5) is 13.6. The summed E-state index contributed by atoms with van der Waals surface area (Å²) >= 11 is 0. The molecule has 0 atom stereocenters. The van der Waals surface area contributed by atoms with E-state index in [0.29, 0.717) is 19.8 Å². The number of carbonyl (C=O) groups is 1. The quantitative estimate of drug-likeness (QED) is 0.812. The average Bonchev–Trinajstić information content (AvgIpc) is 2.98. The molecule has 1 N–H and O–H groups in total. The third-order valence-electron chi connectivity index (χ3n) is 3.16. The summed E-state index contributed by atoms with van der Waals surface area (Å²) in [6, 6.07) is 7.53. The van der Waals surface area contributed by atoms with Crippen molar-refractivity contribution in [2.24, 2.45) is 0 Å². The third-order valence-corrected chi connectivity index (χ3v) is 3.16. The van der Waals surface area contributed by atoms with Crippen molar-refractivity contribution in [3.63, 3.8) is 0 Å². The van der Waals surface area contributed by atoms with Crippen LogP contribution >= 0.6 is 0 Å². The lowest BCUT2D eigenvalue weighted by Gasteiger charge is -2.16. The van der Waals surface area contributed by atoms with Gasteiger partial charge in [-0.25, -0.2) is 4.79 Å². The van der Waals surface area contributed by atoms with Crippen LogP contribution in [0.5, 0.6) is 11.5 Å². The lowest BCUT2D eigenvalue weighted by Crippen LogP contribution is -2.39. The zero-order chi connectivity index (χ0) is 14.2. The van der Waals surface area contributed by atoms with Gasteiger partial charge >= 0.3 is 6.03 Å². The fourth-order valence-corrected chi connectivity index (χ4v) is 2.18. The molecule has 1 aromatic rings. The van der Waals surface area contributed by atoms with E-state index in [1.807, 2.05) is 36.1 Å². The van der Waals surface area contributed by atoms with Gasteiger partial charge in [0, 0.05) is 19.2 Å². The summed E-state index contributed by atoms with van der Waals surface area (Å²) in [5, 5.41) is 2.87. The van der Waals surface area contributed by atoms with Crippen molar-refractivity contribution in [3.8, 4) is 11.5 Å². The molecule has 0 unspecified atom stereocenters. The number of urea groups is 1. The number of hydrogen-bond acceptors (Lipinski definition) is 3. The molecule has 0 aromatic heterocycles. The second-order valence-electron chi connectivity index (χ2n) is 4.68. The Hall–Kier alpha value is -1.91. The molecule has 0 aliphatic carbocycles. The smallest absolute Gasteiger partial charge is 0.317 e. The monoisotopic (exact) mass is 278 g/mol. The molecule has 20 heavy (non-hydrogen) atoms. The van der Waals surface area contributed by atoms with Gasteiger partial charge in [-0.1, -0.05) is 6.07 Å². The van der Waals surface area contributed by atoms with E-state index in [-0.39, 0.29) is 6.03 Å². The molecule has 1 aromatic carbocycles. The number of benzene rings is 1. The van der Waals surface area contributed by atoms with Crippen LogP contribution in [0.3, 0.4) is 0 Å². The SMILES string of the molecule is CCOc1cccc(OCCNC(=O)N2CCCC2)c1. The Balaban J connectivity index is 1.67. The number of amides is 2. The molecule has 0 bridgehead atoms. The van der Waals surface area contributed by atoms with E-state index < -0.39 is 0 Å². The predicted octanol–water partition coefficient (Wildman–Crippen LogP) is 2.27. The van der Waals surface area contributed by atoms with Gasteiger partial charge in [0.05, 0.1) is 13.2 Å². The topological polar surface area (TPSA) is 50.8 Å². The first-order chi connectivity index (χ1) is 9.79. The molecule has 2 rings (SSSR count). The molecule has 0 saturated carbocycles. The summed E-state index contributed by atoms with van der Waals surface area (Å²) in [6.07, 6.45) is 2.21. The van der Waals surface area contributed by atoms with E-state index in [4.69, 9.17) is 9.47 Å². The van der Waals surface area contributed by atoms with Crippen molar-refractivity contribution in [2.45, 2.75) is 19.8 Å². The lowest BCUT2D eigenvalue weighted by molar-refractivity contribution is 0.205. The normalized spacial score (nSPS) is 14.2. The van der Waals surface area contributed by atoms with E-state index in [0.717, 1.165) is 37.4 Å². The third kappa shape index (κ3) is 4.33. The highest BCUT2D eigenvalue weighted by Gasteiger charge is 2.16. The molecule has 1 aliphatic heterocycles. The molecule has 5 heteroatoms. The maximum Gasteiger partial charge on any atom is 0.317 e. The van der Waals surface area contributed by atoms with Gasteiger partial charge in [0.2, 0.25) is 0 Å². The van der Waals surface area contributed by atoms with Crippen molar-refractivity contribution in [1.82, 2.24) is 10.2 Å². The second kappa shape index (κ2) is 7.62. The fourth-order valence-electron chi connectivity index (χ4n) is 2.18. The number of nitrogens with zero attached hydrogens (tertiary/aromatic N) is 1. The van der Waals surface area contributed by atoms with Gasteiger partial charge in [0.15, 0.2) is 0 Å². The average molecular weight is 278 g/mol. The number of hydrogen-bond donors (Lipinski definition) is 1. The first-order valence-corrected chi connectivity index (χ1v) is 7.18. The molecule has 1 heterocycles. The summed E-state index contributed by atoms with van der Waals surface area (Å²) in [7, 11) is 0. The van der Waals surface area contributed by atoms with E-state index in [2.05, 4.69) is 5.32 Å². The van der Waals surface area contributed by atoms with Crippen molar-refractivity contribution >= 4 is 6.03 Å². The summed E-state index contributed by atoms with van der Waals surface area (Å²) in [5.74, 6) is 1.55. The van der Waals surface area contributed by atoms with Gasteiger partial charge in [-0.3, -0.25) is 0 Å². The fraction of sp³-hybridized carbons (Fsp3) is 0.533. The van der Waals surface area contributed by atoms with Crippen molar-refractivity contribution in [3.05, 3.63) is 24.3 Å². The minimum Gasteiger partial charge on any atom is -0.494 e. The second-order valence-corrected chi connectivity index (χ2v) is 4.68. The van der Waals surface area contributed by atoms with Gasteiger partial charge in [-0.15, -0.1) is 0 Å². The minimum absolute atomic E-state index is 0.00849. The lowest BCUT2D eigenvalue weighted by atomic mass is 10.3. The number of likely N-dealkylation sites (tertiary alicyclic amines) is 1. The molecule has 1 saturated heterocycles. The Morgan fingerprint density at radius 1 is 1.25 bits per heavy atom. The highest BCUT2D eigenvalue weighted by atomic mass is 16.5. The van der Waals surface area contributed by atoms with E-state index in [1.165, 1.54) is 0 Å². The van der Waals surface area contributed by atoms with E-state index in [1.54, 1.807) is 0 Å². The summed E-state index contributed by atoms with van der Waals surface area (Å²) in [5.41, 5.74) is 0. The predicted molar refractivity (Wildman–Crippen MR) is 77.3 cm³/mol. The molecule has 110 valence electrons. The van der Waals surface area contributed by atoms with Crippen LogP contribution in [-0.4, -0.2) is 43.8 Å². The Morgan fingerprint density at radius 2 is 1.95 bits per heavy atom. The molecule has 5 nitrogen and oxygen atoms in total. The van der Waals surface area contributed by atoms with Crippen LogP contribution < -0.4 is 14.8 Å². The molecular formula is C15H22N2O3. The Morgan fingerprint density at radius 3 is 2.65 bits per heavy atom. The molecular weight excluding hydrogens is 256 g/mol. The van der Waals surface area contributed by atoms with Crippen LogP contribution in [0.25, 0.3) is 0 Å². The number of rotatable bonds is 6. The van der Waals surface area contributed by atoms with E-state index >= 15 is 0 Å². The molecule has 2 amide bonds. The summed E-state index contributed by atoms with van der Waals surface area (Å²) < 4.78 is 11.0. The minimum atomic E-state index is 0.00849. The van der Waals surface area contributed by atoms with Crippen LogP contribution in [0.4, 0.5) is 4.79 Å². The maximum atomic E-state index is 11.7. The van der Waals surface area contributed by atoms with Gasteiger partial charge in [0.1, 0.15) is 18.1 Å². The van der Waals surface area contributed by atoms with Crippen LogP contribution in [0, 0.1) is 0 Å². The van der Waals surface area contributed by atoms with Gasteiger partial charge in [-0.2, -0.15) is 0 Å². The van der Waals surface area contributed by atoms with Crippen LogP contribution in [-0.2, 0) is 0 Å². The molecule has 1 fully saturated rings. The van der Waals surface area contributed by atoms with E-state index in [9.17, 15) is 4.79 Å². The number of ether oxygens (including phenoxy) is 2. The van der Waals surface area contributed by atoms with Gasteiger partial charge in [-0.05, 0) is 31.9 Å². The largest absolute Gasteiger partial charge is 0.494 e. The zero-order valence-corrected chi connectivity index (χ0v) is 11.9. The summed E-state index contributed by atoms with van der Waals surface area (Å²) in [6.45, 7) is 5.27. The Kier molecular flexibility index (Phi) is 5.53. The van der Waals surface area contributed by atoms with Crippen molar-refractivity contribution in [2.75, 3.05) is 32.8 Å². The first kappa shape index (κ1) is 14.5. The maximum absolute atomic E-state index is 11.7. The van der Waals surface area contributed by atoms with Crippen LogP contribution in [0.1, 0.15) is 19.8 Å². The Bertz CT molecular complexity index is 431. The van der Waals surface area contributed by atoms with Crippen LogP contribution in [0.15, 0.2) is 24.3 Å². The highest BCUT2D eigenvalue weighted by molar-refractivity contribution is 5.74. The zero-order valence-electron chi connectivity index (χ0n) is 11.9. The van der Waals surface area contributed by atoms with Crippen LogP contribution in [0.2, 0.25) is 0 Å². The molecule has 0 radical (unpaired) electrons. The standard InChI is InChI=1S/C15H22N2O3/c1-2-19-13-6-5-7-14(12-13)20-11-8-16-15(18)17-9-3-4-10-17/h5-7,12H,2-4,8-11H2,1H3,(H,16,18). The van der Waals surface area contributed by atoms with Crippen molar-refractivity contribution < 1.29 is 14.3 Å². The first-order valence-electron chi connectivity index (χ1n) is 7.18. The molecule has 1 aliphatic rings. The number of carbonyl (C=O) groups excluding carboxylic acids is 1.